The summed E-state index contributed by atoms with van der Waals surface area (Å²) in [6.07, 6.45) is 2.22. The van der Waals surface area contributed by atoms with Gasteiger partial charge in [-0.1, -0.05) is 43.5 Å². The molecule has 0 fully saturated rings. The third-order valence-electron chi connectivity index (χ3n) is 5.12. The molecule has 9 heteroatoms. The van der Waals surface area contributed by atoms with Crippen LogP contribution in [0.25, 0.3) is 11.1 Å². The molecule has 0 aliphatic rings. The summed E-state index contributed by atoms with van der Waals surface area (Å²) in [6, 6.07) is 18.2. The van der Waals surface area contributed by atoms with E-state index >= 15 is 0 Å². The Morgan fingerprint density at radius 2 is 1.24 bits per heavy atom. The Kier molecular flexibility index (Phi) is 10.2. The van der Waals surface area contributed by atoms with E-state index in [-0.39, 0.29) is 32.4 Å². The Bertz CT molecular complexity index is 1280. The van der Waals surface area contributed by atoms with Crippen molar-refractivity contribution in [2.45, 2.75) is 6.42 Å². The number of hydrogen-bond acceptors (Lipinski definition) is 8. The van der Waals surface area contributed by atoms with E-state index in [1.807, 2.05) is 12.1 Å². The van der Waals surface area contributed by atoms with Gasteiger partial charge in [-0.05, 0) is 47.0 Å². The van der Waals surface area contributed by atoms with Gasteiger partial charge < -0.3 is 23.7 Å². The number of ether oxygens (including phenoxy) is 5. The van der Waals surface area contributed by atoms with Gasteiger partial charge in [0.2, 0.25) is 13.6 Å². The molecule has 0 amide bonds. The number of hydrogen-bond donors (Lipinski definition) is 0. The molecule has 0 aliphatic carbocycles. The maximum atomic E-state index is 14.3. The largest absolute Gasteiger partial charge is 0.462 e. The number of carbonyl (C=O) groups excluding carboxylic acids is 3. The molecule has 0 atom stereocenters. The minimum absolute atomic E-state index is 0.0156. The lowest BCUT2D eigenvalue weighted by Crippen LogP contribution is -2.09. The Hall–Kier alpha value is -4.92. The molecule has 0 aliphatic heterocycles. The number of halogens is 1. The molecule has 0 saturated carbocycles. The molecule has 196 valence electrons. The lowest BCUT2D eigenvalue weighted by Gasteiger charge is -2.09. The summed E-state index contributed by atoms with van der Waals surface area (Å²) in [7, 11) is 0. The quantitative estimate of drug-likeness (QED) is 0.134. The van der Waals surface area contributed by atoms with Crippen LogP contribution in [0.5, 0.6) is 11.5 Å². The summed E-state index contributed by atoms with van der Waals surface area (Å²) >= 11 is 0. The Balaban J connectivity index is 1.46. The predicted octanol–water partition coefficient (Wildman–Crippen LogP) is 5.02. The third kappa shape index (κ3) is 8.34. The fourth-order valence-electron chi connectivity index (χ4n) is 3.13. The summed E-state index contributed by atoms with van der Waals surface area (Å²) in [5.41, 5.74) is 2.46. The molecule has 8 nitrogen and oxygen atoms in total. The van der Waals surface area contributed by atoms with Crippen molar-refractivity contribution in [1.82, 2.24) is 0 Å². The SMILES string of the molecule is C=CC(=O)OCOc1ccc(-c2ccc(C(=O)OCCc3ccc(OCOC(=O)C=C)cc3F)cc2)cc1. The molecule has 0 N–H and O–H groups in total. The number of benzene rings is 3. The second-order valence-corrected chi connectivity index (χ2v) is 7.60. The van der Waals surface area contributed by atoms with Gasteiger partial charge in [-0.2, -0.15) is 0 Å². The Labute approximate surface area is 218 Å². The van der Waals surface area contributed by atoms with Gasteiger partial charge in [-0.3, -0.25) is 0 Å². The molecule has 38 heavy (non-hydrogen) atoms. The van der Waals surface area contributed by atoms with Crippen molar-refractivity contribution in [3.8, 4) is 22.6 Å². The van der Waals surface area contributed by atoms with E-state index in [9.17, 15) is 18.8 Å². The Morgan fingerprint density at radius 1 is 0.711 bits per heavy atom. The van der Waals surface area contributed by atoms with E-state index in [4.69, 9.17) is 18.9 Å². The molecule has 0 unspecified atom stereocenters. The maximum Gasteiger partial charge on any atom is 0.338 e. The smallest absolute Gasteiger partial charge is 0.338 e. The Morgan fingerprint density at radius 3 is 1.79 bits per heavy atom. The van der Waals surface area contributed by atoms with Crippen molar-refractivity contribution in [1.29, 1.82) is 0 Å². The first kappa shape index (κ1) is 27.7. The number of esters is 3. The molecule has 0 spiro atoms. The van der Waals surface area contributed by atoms with E-state index in [0.29, 0.717) is 16.9 Å². The van der Waals surface area contributed by atoms with Crippen LogP contribution in [0.15, 0.2) is 92.0 Å². The van der Waals surface area contributed by atoms with Crippen molar-refractivity contribution in [3.05, 3.63) is 109 Å². The zero-order valence-electron chi connectivity index (χ0n) is 20.4. The first-order valence-electron chi connectivity index (χ1n) is 11.4. The van der Waals surface area contributed by atoms with Gasteiger partial charge >= 0.3 is 17.9 Å². The van der Waals surface area contributed by atoms with Crippen LogP contribution in [0.4, 0.5) is 4.39 Å². The van der Waals surface area contributed by atoms with Gasteiger partial charge in [0.25, 0.3) is 0 Å². The van der Waals surface area contributed by atoms with Crippen molar-refractivity contribution in [3.63, 3.8) is 0 Å². The summed E-state index contributed by atoms with van der Waals surface area (Å²) in [5.74, 6) is -1.57. The van der Waals surface area contributed by atoms with E-state index in [0.717, 1.165) is 29.3 Å². The molecule has 0 radical (unpaired) electrons. The summed E-state index contributed by atoms with van der Waals surface area (Å²) in [4.78, 5) is 34.4. The molecular weight excluding hydrogens is 495 g/mol. The third-order valence-corrected chi connectivity index (χ3v) is 5.12. The van der Waals surface area contributed by atoms with Crippen LogP contribution < -0.4 is 9.47 Å². The standard InChI is InChI=1S/C29H25FO8/c1-3-27(31)37-18-35-24-12-9-21(10-13-24)20-5-7-23(8-6-20)29(33)34-16-15-22-11-14-25(17-26(22)30)36-19-38-28(32)4-2/h3-14,17H,1-2,15-16,18-19H2. The van der Waals surface area contributed by atoms with Crippen molar-refractivity contribution >= 4 is 17.9 Å². The fraction of sp³-hybridized carbons (Fsp3) is 0.138. The summed E-state index contributed by atoms with van der Waals surface area (Å²) < 4.78 is 39.5. The molecule has 3 aromatic rings. The van der Waals surface area contributed by atoms with Crippen molar-refractivity contribution < 1.29 is 42.5 Å². The van der Waals surface area contributed by atoms with Crippen molar-refractivity contribution in [2.24, 2.45) is 0 Å². The molecule has 3 aromatic carbocycles. The highest BCUT2D eigenvalue weighted by atomic mass is 19.1. The first-order chi connectivity index (χ1) is 18.4. The van der Waals surface area contributed by atoms with Gasteiger partial charge in [-0.15, -0.1) is 0 Å². The maximum absolute atomic E-state index is 14.3. The minimum Gasteiger partial charge on any atom is -0.462 e. The van der Waals surface area contributed by atoms with Gasteiger partial charge in [0.1, 0.15) is 17.3 Å². The average molecular weight is 521 g/mol. The zero-order chi connectivity index (χ0) is 27.3. The summed E-state index contributed by atoms with van der Waals surface area (Å²) in [6.45, 7) is 5.97. The second-order valence-electron chi connectivity index (χ2n) is 7.60. The van der Waals surface area contributed by atoms with Crippen LogP contribution in [-0.4, -0.2) is 38.1 Å². The van der Waals surface area contributed by atoms with Crippen molar-refractivity contribution in [2.75, 3.05) is 20.2 Å². The van der Waals surface area contributed by atoms with E-state index in [1.165, 1.54) is 12.1 Å². The van der Waals surface area contributed by atoms with Gasteiger partial charge in [0.05, 0.1) is 12.2 Å². The summed E-state index contributed by atoms with van der Waals surface area (Å²) in [5, 5.41) is 0. The number of rotatable bonds is 13. The number of carbonyl (C=O) groups is 3. The molecule has 0 bridgehead atoms. The predicted molar refractivity (Wildman–Crippen MR) is 136 cm³/mol. The highest BCUT2D eigenvalue weighted by Gasteiger charge is 2.10. The van der Waals surface area contributed by atoms with Gasteiger partial charge in [0, 0.05) is 24.6 Å². The first-order valence-corrected chi connectivity index (χ1v) is 11.4. The lowest BCUT2D eigenvalue weighted by molar-refractivity contribution is -0.145. The minimum atomic E-state index is -0.648. The molecular formula is C29H25FO8. The molecule has 0 aromatic heterocycles. The monoisotopic (exact) mass is 520 g/mol. The topological polar surface area (TPSA) is 97.4 Å². The van der Waals surface area contributed by atoms with Gasteiger partial charge in [0.15, 0.2) is 0 Å². The van der Waals surface area contributed by atoms with E-state index in [2.05, 4.69) is 17.9 Å². The van der Waals surface area contributed by atoms with Crippen LogP contribution >= 0.6 is 0 Å². The second kappa shape index (κ2) is 14.0. The fourth-order valence-corrected chi connectivity index (χ4v) is 3.13. The van der Waals surface area contributed by atoms with Crippen LogP contribution in [-0.2, 0) is 30.2 Å². The highest BCUT2D eigenvalue weighted by Crippen LogP contribution is 2.23. The van der Waals surface area contributed by atoms with E-state index < -0.39 is 23.7 Å². The lowest BCUT2D eigenvalue weighted by atomic mass is 10.0. The van der Waals surface area contributed by atoms with Crippen LogP contribution in [0.2, 0.25) is 0 Å². The van der Waals surface area contributed by atoms with E-state index in [1.54, 1.807) is 36.4 Å². The van der Waals surface area contributed by atoms with Crippen LogP contribution in [0.1, 0.15) is 15.9 Å². The normalized spacial score (nSPS) is 10.1. The zero-order valence-corrected chi connectivity index (χ0v) is 20.4. The molecule has 3 rings (SSSR count). The van der Waals surface area contributed by atoms with Crippen LogP contribution in [0.3, 0.4) is 0 Å². The molecule has 0 saturated heterocycles. The average Bonchev–Trinajstić information content (AvgIpc) is 2.94. The molecule has 0 heterocycles. The van der Waals surface area contributed by atoms with Crippen LogP contribution in [0, 0.1) is 5.82 Å². The van der Waals surface area contributed by atoms with Gasteiger partial charge in [-0.25, -0.2) is 18.8 Å². The highest BCUT2D eigenvalue weighted by molar-refractivity contribution is 5.90.